The van der Waals surface area contributed by atoms with Gasteiger partial charge in [0.25, 0.3) is 0 Å². The molecule has 0 saturated carbocycles. The van der Waals surface area contributed by atoms with Crippen LogP contribution in [0.2, 0.25) is 0 Å². The van der Waals surface area contributed by atoms with E-state index in [1.54, 1.807) is 0 Å². The van der Waals surface area contributed by atoms with Gasteiger partial charge < -0.3 is 4.74 Å². The molecule has 0 radical (unpaired) electrons. The minimum absolute atomic E-state index is 0.0901. The number of hydrogen-bond acceptors (Lipinski definition) is 4. The van der Waals surface area contributed by atoms with Crippen LogP contribution in [0.25, 0.3) is 10.2 Å². The van der Waals surface area contributed by atoms with Crippen LogP contribution < -0.4 is 9.61 Å². The van der Waals surface area contributed by atoms with Crippen molar-refractivity contribution in [2.45, 2.75) is 13.5 Å². The third-order valence-electron chi connectivity index (χ3n) is 2.18. The highest BCUT2D eigenvalue weighted by atomic mass is 32.1. The number of thiazole rings is 1. The molecule has 0 saturated heterocycles. The monoisotopic (exact) mass is 234 g/mol. The predicted octanol–water partition coefficient (Wildman–Crippen LogP) is 1.99. The maximum Gasteiger partial charge on any atom is 0.309 e. The minimum Gasteiger partial charge on any atom is -0.494 e. The van der Waals surface area contributed by atoms with Gasteiger partial charge in [-0.3, -0.25) is 9.36 Å². The molecule has 4 nitrogen and oxygen atoms in total. The van der Waals surface area contributed by atoms with Crippen LogP contribution in [-0.4, -0.2) is 11.2 Å². The smallest absolute Gasteiger partial charge is 0.309 e. The van der Waals surface area contributed by atoms with E-state index in [2.05, 4.69) is 0 Å². The fourth-order valence-corrected chi connectivity index (χ4v) is 2.44. The third-order valence-corrected chi connectivity index (χ3v) is 3.12. The minimum atomic E-state index is -0.106. The van der Waals surface area contributed by atoms with Gasteiger partial charge in [0, 0.05) is 0 Å². The molecule has 0 spiro atoms. The van der Waals surface area contributed by atoms with E-state index in [4.69, 9.17) is 10.00 Å². The molecule has 1 aromatic carbocycles. The lowest BCUT2D eigenvalue weighted by atomic mass is 10.3. The molecule has 1 aromatic heterocycles. The first-order chi connectivity index (χ1) is 7.76. The second-order valence-electron chi connectivity index (χ2n) is 3.17. The molecule has 0 amide bonds. The van der Waals surface area contributed by atoms with Crippen molar-refractivity contribution >= 4 is 21.6 Å². The summed E-state index contributed by atoms with van der Waals surface area (Å²) in [6, 6.07) is 7.44. The summed E-state index contributed by atoms with van der Waals surface area (Å²) in [6.07, 6.45) is 0. The molecule has 5 heteroatoms. The lowest BCUT2D eigenvalue weighted by Crippen LogP contribution is -2.11. The number of rotatable bonds is 3. The standard InChI is InChI=1S/C11H10N2O2S/c1-2-15-8-3-4-9-10(7-8)16-11(14)13(9)6-5-12/h3-4,7H,2,6H2,1H3. The van der Waals surface area contributed by atoms with E-state index in [9.17, 15) is 4.79 Å². The van der Waals surface area contributed by atoms with Gasteiger partial charge in [0.05, 0.1) is 22.9 Å². The Bertz CT molecular complexity index is 606. The molecule has 82 valence electrons. The van der Waals surface area contributed by atoms with E-state index in [0.29, 0.717) is 6.61 Å². The average Bonchev–Trinajstić information content (AvgIpc) is 2.56. The van der Waals surface area contributed by atoms with Crippen molar-refractivity contribution in [3.8, 4) is 11.8 Å². The molecular weight excluding hydrogens is 224 g/mol. The predicted molar refractivity (Wildman–Crippen MR) is 62.9 cm³/mol. The van der Waals surface area contributed by atoms with Gasteiger partial charge in [0.15, 0.2) is 0 Å². The van der Waals surface area contributed by atoms with Crippen LogP contribution in [0.15, 0.2) is 23.0 Å². The van der Waals surface area contributed by atoms with Crippen molar-refractivity contribution in [2.24, 2.45) is 0 Å². The number of fused-ring (bicyclic) bond motifs is 1. The first-order valence-corrected chi connectivity index (χ1v) is 5.71. The van der Waals surface area contributed by atoms with Gasteiger partial charge in [-0.1, -0.05) is 11.3 Å². The second kappa shape index (κ2) is 4.37. The van der Waals surface area contributed by atoms with Crippen molar-refractivity contribution in [2.75, 3.05) is 6.61 Å². The van der Waals surface area contributed by atoms with Gasteiger partial charge in [0.2, 0.25) is 0 Å². The molecule has 0 unspecified atom stereocenters. The first-order valence-electron chi connectivity index (χ1n) is 4.89. The van der Waals surface area contributed by atoms with Crippen molar-refractivity contribution < 1.29 is 4.74 Å². The number of hydrogen-bond donors (Lipinski definition) is 0. The number of nitrogens with zero attached hydrogens (tertiary/aromatic N) is 2. The lowest BCUT2D eigenvalue weighted by Gasteiger charge is -2.02. The Labute approximate surface area is 96.3 Å². The van der Waals surface area contributed by atoms with Gasteiger partial charge >= 0.3 is 4.87 Å². The fraction of sp³-hybridized carbons (Fsp3) is 0.273. The maximum atomic E-state index is 11.6. The van der Waals surface area contributed by atoms with Gasteiger partial charge in [0.1, 0.15) is 12.3 Å². The van der Waals surface area contributed by atoms with Crippen molar-refractivity contribution in [3.05, 3.63) is 27.9 Å². The number of aromatic nitrogens is 1. The molecule has 2 aromatic rings. The molecule has 0 atom stereocenters. The van der Waals surface area contributed by atoms with Crippen molar-refractivity contribution in [3.63, 3.8) is 0 Å². The van der Waals surface area contributed by atoms with Gasteiger partial charge in [-0.2, -0.15) is 5.26 Å². The Morgan fingerprint density at radius 1 is 1.56 bits per heavy atom. The zero-order valence-corrected chi connectivity index (χ0v) is 9.58. The van der Waals surface area contributed by atoms with Crippen LogP contribution in [0, 0.1) is 11.3 Å². The van der Waals surface area contributed by atoms with Crippen molar-refractivity contribution in [1.29, 1.82) is 5.26 Å². The molecule has 0 fully saturated rings. The Hall–Kier alpha value is -1.80. The molecular formula is C11H10N2O2S. The van der Waals surface area contributed by atoms with Crippen LogP contribution in [0.3, 0.4) is 0 Å². The van der Waals surface area contributed by atoms with Crippen LogP contribution >= 0.6 is 11.3 Å². The highest BCUT2D eigenvalue weighted by Gasteiger charge is 2.07. The maximum absolute atomic E-state index is 11.6. The summed E-state index contributed by atoms with van der Waals surface area (Å²) in [6.45, 7) is 2.60. The van der Waals surface area contributed by atoms with Crippen LogP contribution in [0.4, 0.5) is 0 Å². The summed E-state index contributed by atoms with van der Waals surface area (Å²) in [7, 11) is 0. The zero-order chi connectivity index (χ0) is 11.5. The molecule has 2 rings (SSSR count). The van der Waals surface area contributed by atoms with E-state index in [1.165, 1.54) is 4.57 Å². The zero-order valence-electron chi connectivity index (χ0n) is 8.77. The third kappa shape index (κ3) is 1.79. The SMILES string of the molecule is CCOc1ccc2c(c1)sc(=O)n2CC#N. The van der Waals surface area contributed by atoms with Crippen LogP contribution in [0.1, 0.15) is 6.92 Å². The summed E-state index contributed by atoms with van der Waals surface area (Å²) < 4.78 is 7.67. The van der Waals surface area contributed by atoms with E-state index < -0.39 is 0 Å². The summed E-state index contributed by atoms with van der Waals surface area (Å²) in [5.41, 5.74) is 0.792. The quantitative estimate of drug-likeness (QED) is 0.816. The molecule has 0 bridgehead atoms. The highest BCUT2D eigenvalue weighted by Crippen LogP contribution is 2.23. The highest BCUT2D eigenvalue weighted by molar-refractivity contribution is 7.16. The molecule has 0 aliphatic heterocycles. The summed E-state index contributed by atoms with van der Waals surface area (Å²) in [4.78, 5) is 11.5. The van der Waals surface area contributed by atoms with E-state index >= 15 is 0 Å². The number of nitriles is 1. The lowest BCUT2D eigenvalue weighted by molar-refractivity contribution is 0.341. The normalized spacial score (nSPS) is 10.2. The molecule has 16 heavy (non-hydrogen) atoms. The topological polar surface area (TPSA) is 55.0 Å². The summed E-state index contributed by atoms with van der Waals surface area (Å²) in [5, 5.41) is 8.63. The number of benzene rings is 1. The van der Waals surface area contributed by atoms with Gasteiger partial charge in [-0.05, 0) is 25.1 Å². The Morgan fingerprint density at radius 2 is 2.38 bits per heavy atom. The van der Waals surface area contributed by atoms with Crippen LogP contribution in [-0.2, 0) is 6.54 Å². The first kappa shape index (κ1) is 10.7. The van der Waals surface area contributed by atoms with Gasteiger partial charge in [-0.15, -0.1) is 0 Å². The van der Waals surface area contributed by atoms with E-state index in [-0.39, 0.29) is 11.4 Å². The Morgan fingerprint density at radius 3 is 3.06 bits per heavy atom. The molecule has 0 aliphatic carbocycles. The summed E-state index contributed by atoms with van der Waals surface area (Å²) in [5.74, 6) is 0.750. The molecule has 1 heterocycles. The van der Waals surface area contributed by atoms with Crippen molar-refractivity contribution in [1.82, 2.24) is 4.57 Å². The average molecular weight is 234 g/mol. The van der Waals surface area contributed by atoms with E-state index in [1.807, 2.05) is 31.2 Å². The Balaban J connectivity index is 2.57. The summed E-state index contributed by atoms with van der Waals surface area (Å²) >= 11 is 1.14. The second-order valence-corrected chi connectivity index (χ2v) is 4.17. The Kier molecular flexibility index (Phi) is 2.93. The van der Waals surface area contributed by atoms with Gasteiger partial charge in [-0.25, -0.2) is 0 Å². The van der Waals surface area contributed by atoms with Crippen LogP contribution in [0.5, 0.6) is 5.75 Å². The number of ether oxygens (including phenoxy) is 1. The van der Waals surface area contributed by atoms with E-state index in [0.717, 1.165) is 27.3 Å². The molecule has 0 N–H and O–H groups in total. The molecule has 0 aliphatic rings. The fourth-order valence-electron chi connectivity index (χ4n) is 1.52. The largest absolute Gasteiger partial charge is 0.494 e.